The second kappa shape index (κ2) is 6.78. The number of carbonyl (C=O) groups is 2. The van der Waals surface area contributed by atoms with Crippen molar-refractivity contribution in [2.75, 3.05) is 26.8 Å². The van der Waals surface area contributed by atoms with Crippen molar-refractivity contribution in [3.8, 4) is 0 Å². The van der Waals surface area contributed by atoms with Crippen molar-refractivity contribution in [1.82, 2.24) is 10.6 Å². The average molecular weight is 267 g/mol. The molecule has 1 amide bonds. The number of morpholine rings is 1. The number of methoxy groups -OCH3 is 1. The number of ether oxygens (including phenoxy) is 2. The maximum atomic E-state index is 11.8. The Morgan fingerprint density at radius 2 is 2.12 bits per heavy atom. The third kappa shape index (κ3) is 4.49. The van der Waals surface area contributed by atoms with Crippen LogP contribution in [0.15, 0.2) is 0 Å². The van der Waals surface area contributed by atoms with Gasteiger partial charge in [-0.3, -0.25) is 4.79 Å². The molecule has 2 N–H and O–H groups in total. The first kappa shape index (κ1) is 16.1. The SMILES string of the molecule is COC(=O)C(C)(C)NC(=O)C1CNCCO1.Cl. The van der Waals surface area contributed by atoms with Crippen LogP contribution in [0.3, 0.4) is 0 Å². The third-order valence-electron chi connectivity index (χ3n) is 2.35. The van der Waals surface area contributed by atoms with Crippen molar-refractivity contribution >= 4 is 24.3 Å². The Labute approximate surface area is 107 Å². The summed E-state index contributed by atoms with van der Waals surface area (Å²) in [5, 5.41) is 5.64. The zero-order chi connectivity index (χ0) is 12.2. The van der Waals surface area contributed by atoms with Gasteiger partial charge < -0.3 is 20.1 Å². The van der Waals surface area contributed by atoms with E-state index in [4.69, 9.17) is 4.74 Å². The predicted molar refractivity (Wildman–Crippen MR) is 64.1 cm³/mol. The Hall–Kier alpha value is -0.850. The zero-order valence-electron chi connectivity index (χ0n) is 10.2. The molecule has 0 aromatic heterocycles. The highest BCUT2D eigenvalue weighted by atomic mass is 35.5. The van der Waals surface area contributed by atoms with Gasteiger partial charge >= 0.3 is 5.97 Å². The monoisotopic (exact) mass is 266 g/mol. The van der Waals surface area contributed by atoms with E-state index >= 15 is 0 Å². The van der Waals surface area contributed by atoms with Crippen LogP contribution in [0.2, 0.25) is 0 Å². The van der Waals surface area contributed by atoms with Crippen LogP contribution in [0.4, 0.5) is 0 Å². The number of rotatable bonds is 3. The summed E-state index contributed by atoms with van der Waals surface area (Å²) in [4.78, 5) is 23.1. The Balaban J connectivity index is 0.00000256. The molecule has 0 aliphatic carbocycles. The van der Waals surface area contributed by atoms with Gasteiger partial charge in [0, 0.05) is 13.1 Å². The van der Waals surface area contributed by atoms with Gasteiger partial charge in [-0.2, -0.15) is 0 Å². The van der Waals surface area contributed by atoms with Gasteiger partial charge in [-0.05, 0) is 13.8 Å². The summed E-state index contributed by atoms with van der Waals surface area (Å²) < 4.78 is 9.87. The van der Waals surface area contributed by atoms with E-state index in [1.54, 1.807) is 13.8 Å². The van der Waals surface area contributed by atoms with Crippen LogP contribution < -0.4 is 10.6 Å². The molecular weight excluding hydrogens is 248 g/mol. The molecule has 7 heteroatoms. The van der Waals surface area contributed by atoms with Crippen molar-refractivity contribution in [1.29, 1.82) is 0 Å². The standard InChI is InChI=1S/C10H18N2O4.ClH/c1-10(2,9(14)15-3)12-8(13)7-6-11-4-5-16-7;/h7,11H,4-6H2,1-3H3,(H,12,13);1H. The Kier molecular flexibility index (Phi) is 6.44. The van der Waals surface area contributed by atoms with E-state index in [9.17, 15) is 9.59 Å². The molecule has 0 aromatic carbocycles. The maximum Gasteiger partial charge on any atom is 0.330 e. The fourth-order valence-corrected chi connectivity index (χ4v) is 1.43. The van der Waals surface area contributed by atoms with Gasteiger partial charge in [0.1, 0.15) is 11.6 Å². The predicted octanol–water partition coefficient (Wildman–Crippen LogP) is -0.536. The molecule has 1 aliphatic rings. The molecule has 1 saturated heterocycles. The van der Waals surface area contributed by atoms with Gasteiger partial charge in [0.2, 0.25) is 0 Å². The lowest BCUT2D eigenvalue weighted by atomic mass is 10.1. The molecule has 6 nitrogen and oxygen atoms in total. The molecule has 1 atom stereocenters. The first-order valence-corrected chi connectivity index (χ1v) is 5.20. The van der Waals surface area contributed by atoms with Gasteiger partial charge in [-0.25, -0.2) is 4.79 Å². The fourth-order valence-electron chi connectivity index (χ4n) is 1.43. The van der Waals surface area contributed by atoms with Crippen LogP contribution >= 0.6 is 12.4 Å². The highest BCUT2D eigenvalue weighted by Gasteiger charge is 2.33. The van der Waals surface area contributed by atoms with E-state index in [1.807, 2.05) is 0 Å². The lowest BCUT2D eigenvalue weighted by Gasteiger charge is -2.28. The molecule has 1 rings (SSSR count). The molecule has 0 aromatic rings. The van der Waals surface area contributed by atoms with Crippen LogP contribution in [0.25, 0.3) is 0 Å². The lowest BCUT2D eigenvalue weighted by Crippen LogP contribution is -2.56. The maximum absolute atomic E-state index is 11.8. The van der Waals surface area contributed by atoms with E-state index in [2.05, 4.69) is 15.4 Å². The molecule has 100 valence electrons. The third-order valence-corrected chi connectivity index (χ3v) is 2.35. The molecule has 17 heavy (non-hydrogen) atoms. The number of halogens is 1. The number of hydrogen-bond acceptors (Lipinski definition) is 5. The Morgan fingerprint density at radius 3 is 2.59 bits per heavy atom. The van der Waals surface area contributed by atoms with Gasteiger partial charge in [-0.15, -0.1) is 12.4 Å². The first-order chi connectivity index (χ1) is 7.47. The minimum absolute atomic E-state index is 0. The van der Waals surface area contributed by atoms with Crippen molar-refractivity contribution in [2.24, 2.45) is 0 Å². The molecule has 1 fully saturated rings. The molecular formula is C10H19ClN2O4. The minimum Gasteiger partial charge on any atom is -0.467 e. The van der Waals surface area contributed by atoms with E-state index in [0.717, 1.165) is 6.54 Å². The lowest BCUT2D eigenvalue weighted by molar-refractivity contribution is -0.151. The van der Waals surface area contributed by atoms with Crippen molar-refractivity contribution in [3.05, 3.63) is 0 Å². The number of hydrogen-bond donors (Lipinski definition) is 2. The van der Waals surface area contributed by atoms with Gasteiger partial charge in [0.05, 0.1) is 13.7 Å². The van der Waals surface area contributed by atoms with Crippen LogP contribution in [0.5, 0.6) is 0 Å². The number of esters is 1. The molecule has 0 saturated carbocycles. The van der Waals surface area contributed by atoms with Crippen molar-refractivity contribution < 1.29 is 19.1 Å². The summed E-state index contributed by atoms with van der Waals surface area (Å²) >= 11 is 0. The summed E-state index contributed by atoms with van der Waals surface area (Å²) in [7, 11) is 1.29. The molecule has 0 spiro atoms. The van der Waals surface area contributed by atoms with Crippen LogP contribution in [0.1, 0.15) is 13.8 Å². The fraction of sp³-hybridized carbons (Fsp3) is 0.800. The number of amides is 1. The topological polar surface area (TPSA) is 76.7 Å². The summed E-state index contributed by atoms with van der Waals surface area (Å²) in [6.45, 7) is 4.88. The average Bonchev–Trinajstić information content (AvgIpc) is 2.28. The highest BCUT2D eigenvalue weighted by molar-refractivity contribution is 5.89. The first-order valence-electron chi connectivity index (χ1n) is 5.20. The second-order valence-corrected chi connectivity index (χ2v) is 4.17. The Morgan fingerprint density at radius 1 is 1.47 bits per heavy atom. The summed E-state index contributed by atoms with van der Waals surface area (Å²) in [5.74, 6) is -0.785. The van der Waals surface area contributed by atoms with Gasteiger partial charge in [0.15, 0.2) is 0 Å². The highest BCUT2D eigenvalue weighted by Crippen LogP contribution is 2.06. The number of nitrogens with one attached hydrogen (secondary N) is 2. The second-order valence-electron chi connectivity index (χ2n) is 4.17. The van der Waals surface area contributed by atoms with Crippen molar-refractivity contribution in [3.63, 3.8) is 0 Å². The van der Waals surface area contributed by atoms with E-state index < -0.39 is 17.6 Å². The number of carbonyl (C=O) groups excluding carboxylic acids is 2. The molecule has 0 radical (unpaired) electrons. The minimum atomic E-state index is -1.04. The molecule has 0 bridgehead atoms. The molecule has 1 unspecified atom stereocenters. The zero-order valence-corrected chi connectivity index (χ0v) is 11.1. The summed E-state index contributed by atoms with van der Waals surface area (Å²) in [5.41, 5.74) is -1.04. The molecule has 1 aliphatic heterocycles. The summed E-state index contributed by atoms with van der Waals surface area (Å²) in [6, 6.07) is 0. The summed E-state index contributed by atoms with van der Waals surface area (Å²) in [6.07, 6.45) is -0.544. The largest absolute Gasteiger partial charge is 0.467 e. The van der Waals surface area contributed by atoms with E-state index in [0.29, 0.717) is 13.2 Å². The Bertz CT molecular complexity index is 277. The smallest absolute Gasteiger partial charge is 0.330 e. The van der Waals surface area contributed by atoms with Crippen LogP contribution in [0, 0.1) is 0 Å². The van der Waals surface area contributed by atoms with Crippen molar-refractivity contribution in [2.45, 2.75) is 25.5 Å². The molecule has 1 heterocycles. The van der Waals surface area contributed by atoms with Crippen LogP contribution in [-0.2, 0) is 19.1 Å². The normalized spacial score (nSPS) is 20.1. The van der Waals surface area contributed by atoms with E-state index in [1.165, 1.54) is 7.11 Å². The van der Waals surface area contributed by atoms with Crippen LogP contribution in [-0.4, -0.2) is 50.3 Å². The van der Waals surface area contributed by atoms with Gasteiger partial charge in [-0.1, -0.05) is 0 Å². The van der Waals surface area contributed by atoms with Gasteiger partial charge in [0.25, 0.3) is 5.91 Å². The van der Waals surface area contributed by atoms with E-state index in [-0.39, 0.29) is 18.3 Å². The quantitative estimate of drug-likeness (QED) is 0.672.